The van der Waals surface area contributed by atoms with E-state index in [0.717, 1.165) is 30.4 Å². The first-order chi connectivity index (χ1) is 7.86. The molecule has 2 aliphatic rings. The first-order valence-corrected chi connectivity index (χ1v) is 5.94. The van der Waals surface area contributed by atoms with Gasteiger partial charge in [0, 0.05) is 11.9 Å². The van der Waals surface area contributed by atoms with Gasteiger partial charge in [-0.1, -0.05) is 13.0 Å². The van der Waals surface area contributed by atoms with Crippen LogP contribution in [0, 0.1) is 5.92 Å². The lowest BCUT2D eigenvalue weighted by Gasteiger charge is -1.98. The van der Waals surface area contributed by atoms with Gasteiger partial charge in [-0.3, -0.25) is 9.98 Å². The van der Waals surface area contributed by atoms with Crippen LogP contribution in [0.2, 0.25) is 0 Å². The van der Waals surface area contributed by atoms with Crippen molar-refractivity contribution >= 4 is 11.5 Å². The van der Waals surface area contributed by atoms with E-state index in [-0.39, 0.29) is 0 Å². The molecule has 2 heterocycles. The second-order valence-corrected chi connectivity index (χ2v) is 4.42. The maximum atomic E-state index is 4.58. The van der Waals surface area contributed by atoms with Crippen LogP contribution in [0.25, 0.3) is 0 Å². The van der Waals surface area contributed by atoms with Gasteiger partial charge in [-0.25, -0.2) is 4.99 Å². The zero-order valence-electron chi connectivity index (χ0n) is 9.48. The molecule has 1 fully saturated rings. The minimum atomic E-state index is 0.719. The van der Waals surface area contributed by atoms with E-state index in [1.54, 1.807) is 0 Å². The predicted octanol–water partition coefficient (Wildman–Crippen LogP) is 2.26. The fraction of sp³-hybridized carbons (Fsp3) is 0.462. The normalized spacial score (nSPS) is 19.6. The monoisotopic (exact) mass is 213 g/mol. The topological polar surface area (TPSA) is 37.6 Å². The van der Waals surface area contributed by atoms with Gasteiger partial charge in [0.05, 0.1) is 6.54 Å². The summed E-state index contributed by atoms with van der Waals surface area (Å²) in [5, 5.41) is 0. The molecule has 0 radical (unpaired) electrons. The molecule has 0 N–H and O–H groups in total. The van der Waals surface area contributed by atoms with Gasteiger partial charge in [-0.15, -0.1) is 0 Å². The highest BCUT2D eigenvalue weighted by atomic mass is 15.0. The van der Waals surface area contributed by atoms with Crippen LogP contribution in [0.1, 0.15) is 31.0 Å². The molecule has 3 rings (SSSR count). The Bertz CT molecular complexity index is 453. The van der Waals surface area contributed by atoms with E-state index in [0.29, 0.717) is 0 Å². The summed E-state index contributed by atoms with van der Waals surface area (Å²) in [5.41, 5.74) is 3.43. The molecule has 16 heavy (non-hydrogen) atoms. The molecule has 0 saturated heterocycles. The SMILES string of the molecule is CCc1ccc(C2=NCC(C3CC3)=N2)nc1. The van der Waals surface area contributed by atoms with Crippen LogP contribution in [0.5, 0.6) is 0 Å². The van der Waals surface area contributed by atoms with Crippen LogP contribution in [0.15, 0.2) is 28.3 Å². The number of aliphatic imine (C=N–C) groups is 2. The lowest BCUT2D eigenvalue weighted by Crippen LogP contribution is -2.02. The molecule has 1 aliphatic heterocycles. The predicted molar refractivity (Wildman–Crippen MR) is 65.2 cm³/mol. The molecule has 1 saturated carbocycles. The highest BCUT2D eigenvalue weighted by Gasteiger charge is 2.29. The van der Waals surface area contributed by atoms with Crippen molar-refractivity contribution in [3.63, 3.8) is 0 Å². The second kappa shape index (κ2) is 3.81. The van der Waals surface area contributed by atoms with Gasteiger partial charge >= 0.3 is 0 Å². The van der Waals surface area contributed by atoms with Gasteiger partial charge in [0.15, 0.2) is 5.84 Å². The Morgan fingerprint density at radius 3 is 2.81 bits per heavy atom. The van der Waals surface area contributed by atoms with E-state index in [9.17, 15) is 0 Å². The van der Waals surface area contributed by atoms with Gasteiger partial charge in [0.2, 0.25) is 0 Å². The third-order valence-corrected chi connectivity index (χ3v) is 3.15. The van der Waals surface area contributed by atoms with Gasteiger partial charge in [0.25, 0.3) is 0 Å². The highest BCUT2D eigenvalue weighted by molar-refractivity contribution is 6.11. The van der Waals surface area contributed by atoms with E-state index in [2.05, 4.69) is 28.0 Å². The Hall–Kier alpha value is -1.51. The molecule has 0 unspecified atom stereocenters. The van der Waals surface area contributed by atoms with Gasteiger partial charge < -0.3 is 0 Å². The lowest BCUT2D eigenvalue weighted by molar-refractivity contribution is 1.10. The number of hydrogen-bond donors (Lipinski definition) is 0. The van der Waals surface area contributed by atoms with Crippen LogP contribution < -0.4 is 0 Å². The smallest absolute Gasteiger partial charge is 0.173 e. The average Bonchev–Trinajstić information content (AvgIpc) is 3.08. The summed E-state index contributed by atoms with van der Waals surface area (Å²) in [5.74, 6) is 1.54. The van der Waals surface area contributed by atoms with E-state index in [1.807, 2.05) is 12.3 Å². The zero-order valence-corrected chi connectivity index (χ0v) is 9.48. The molecule has 1 aromatic heterocycles. The number of pyridine rings is 1. The molecule has 3 heteroatoms. The number of amidine groups is 1. The third kappa shape index (κ3) is 1.77. The minimum absolute atomic E-state index is 0.719. The van der Waals surface area contributed by atoms with Gasteiger partial charge in [0.1, 0.15) is 5.69 Å². The maximum Gasteiger partial charge on any atom is 0.173 e. The molecule has 0 spiro atoms. The maximum absolute atomic E-state index is 4.58. The second-order valence-electron chi connectivity index (χ2n) is 4.42. The van der Waals surface area contributed by atoms with Crippen LogP contribution in [-0.2, 0) is 6.42 Å². The minimum Gasteiger partial charge on any atom is -0.259 e. The molecular weight excluding hydrogens is 198 g/mol. The Morgan fingerprint density at radius 1 is 1.31 bits per heavy atom. The number of aromatic nitrogens is 1. The van der Waals surface area contributed by atoms with E-state index >= 15 is 0 Å². The van der Waals surface area contributed by atoms with Crippen molar-refractivity contribution in [1.29, 1.82) is 0 Å². The van der Waals surface area contributed by atoms with Crippen LogP contribution in [-0.4, -0.2) is 23.1 Å². The molecule has 0 aromatic carbocycles. The highest BCUT2D eigenvalue weighted by Crippen LogP contribution is 2.32. The summed E-state index contributed by atoms with van der Waals surface area (Å²) in [6.07, 6.45) is 5.53. The average molecular weight is 213 g/mol. The first-order valence-electron chi connectivity index (χ1n) is 5.94. The molecule has 1 aliphatic carbocycles. The number of aryl methyl sites for hydroxylation is 1. The van der Waals surface area contributed by atoms with E-state index < -0.39 is 0 Å². The van der Waals surface area contributed by atoms with Crippen molar-refractivity contribution in [3.05, 3.63) is 29.6 Å². The van der Waals surface area contributed by atoms with Gasteiger partial charge in [-0.05, 0) is 36.8 Å². The first kappa shape index (κ1) is 9.70. The fourth-order valence-electron chi connectivity index (χ4n) is 1.90. The summed E-state index contributed by atoms with van der Waals surface area (Å²) in [7, 11) is 0. The summed E-state index contributed by atoms with van der Waals surface area (Å²) in [6.45, 7) is 2.92. The molecule has 82 valence electrons. The van der Waals surface area contributed by atoms with Crippen molar-refractivity contribution in [2.75, 3.05) is 6.54 Å². The number of rotatable bonds is 3. The Kier molecular flexibility index (Phi) is 2.31. The summed E-state index contributed by atoms with van der Waals surface area (Å²) < 4.78 is 0. The fourth-order valence-corrected chi connectivity index (χ4v) is 1.90. The van der Waals surface area contributed by atoms with Crippen LogP contribution >= 0.6 is 0 Å². The van der Waals surface area contributed by atoms with E-state index in [1.165, 1.54) is 24.1 Å². The van der Waals surface area contributed by atoms with Gasteiger partial charge in [-0.2, -0.15) is 0 Å². The van der Waals surface area contributed by atoms with Crippen molar-refractivity contribution in [1.82, 2.24) is 4.98 Å². The summed E-state index contributed by atoms with van der Waals surface area (Å²) in [4.78, 5) is 13.4. The summed E-state index contributed by atoms with van der Waals surface area (Å²) in [6, 6.07) is 4.13. The Balaban J connectivity index is 1.81. The quantitative estimate of drug-likeness (QED) is 0.758. The number of nitrogens with zero attached hydrogens (tertiary/aromatic N) is 3. The van der Waals surface area contributed by atoms with Crippen LogP contribution in [0.4, 0.5) is 0 Å². The molecule has 3 nitrogen and oxygen atoms in total. The number of hydrogen-bond acceptors (Lipinski definition) is 3. The van der Waals surface area contributed by atoms with Crippen LogP contribution in [0.3, 0.4) is 0 Å². The standard InChI is InChI=1S/C13H15N3/c1-2-9-3-6-11(14-7-9)13-15-8-12(16-13)10-4-5-10/h3,6-7,10H,2,4-5,8H2,1H3. The zero-order chi connectivity index (χ0) is 11.0. The molecule has 1 aromatic rings. The third-order valence-electron chi connectivity index (χ3n) is 3.15. The van der Waals surface area contributed by atoms with Crippen molar-refractivity contribution < 1.29 is 0 Å². The molecular formula is C13H15N3. The Labute approximate surface area is 95.3 Å². The largest absolute Gasteiger partial charge is 0.259 e. The van der Waals surface area contributed by atoms with Crippen molar-refractivity contribution in [2.24, 2.45) is 15.9 Å². The van der Waals surface area contributed by atoms with E-state index in [4.69, 9.17) is 0 Å². The molecule has 0 atom stereocenters. The Morgan fingerprint density at radius 2 is 2.19 bits per heavy atom. The lowest BCUT2D eigenvalue weighted by atomic mass is 10.2. The summed E-state index contributed by atoms with van der Waals surface area (Å²) >= 11 is 0. The molecule has 0 amide bonds. The van der Waals surface area contributed by atoms with Crippen molar-refractivity contribution in [2.45, 2.75) is 26.2 Å². The molecule has 0 bridgehead atoms. The van der Waals surface area contributed by atoms with Crippen molar-refractivity contribution in [3.8, 4) is 0 Å².